The molecule has 21 heavy (non-hydrogen) atoms. The van der Waals surface area contributed by atoms with Crippen molar-refractivity contribution in [2.45, 2.75) is 32.6 Å². The minimum Gasteiger partial charge on any atom is -0.354 e. The predicted molar refractivity (Wildman–Crippen MR) is 86.5 cm³/mol. The molecular weight excluding hydrogens is 260 g/mol. The van der Waals surface area contributed by atoms with Gasteiger partial charge in [-0.2, -0.15) is 0 Å². The maximum Gasteiger partial charge on any atom is 0.132 e. The van der Waals surface area contributed by atoms with Gasteiger partial charge in [0.1, 0.15) is 12.1 Å². The summed E-state index contributed by atoms with van der Waals surface area (Å²) in [7, 11) is 0. The van der Waals surface area contributed by atoms with E-state index < -0.39 is 0 Å². The van der Waals surface area contributed by atoms with E-state index in [0.29, 0.717) is 0 Å². The monoisotopic (exact) mass is 286 g/mol. The molecule has 114 valence electrons. The van der Waals surface area contributed by atoms with Crippen molar-refractivity contribution in [3.63, 3.8) is 0 Å². The number of rotatable bonds is 4. The molecule has 4 heteroatoms. The van der Waals surface area contributed by atoms with Crippen LogP contribution in [0.4, 0.5) is 5.82 Å². The number of hydrogen-bond acceptors (Lipinski definition) is 4. The van der Waals surface area contributed by atoms with Gasteiger partial charge in [-0.3, -0.25) is 4.90 Å². The van der Waals surface area contributed by atoms with Gasteiger partial charge in [0.05, 0.1) is 0 Å². The first-order valence-corrected chi connectivity index (χ1v) is 8.28. The highest BCUT2D eigenvalue weighted by Gasteiger charge is 2.21. The molecule has 1 atom stereocenters. The van der Waals surface area contributed by atoms with E-state index in [9.17, 15) is 0 Å². The molecule has 0 N–H and O–H groups in total. The highest BCUT2D eigenvalue weighted by Crippen LogP contribution is 2.21. The average molecular weight is 286 g/mol. The zero-order valence-electron chi connectivity index (χ0n) is 13.0. The summed E-state index contributed by atoms with van der Waals surface area (Å²) in [4.78, 5) is 13.8. The van der Waals surface area contributed by atoms with Crippen LogP contribution >= 0.6 is 0 Å². The Balaban J connectivity index is 1.51. The summed E-state index contributed by atoms with van der Waals surface area (Å²) < 4.78 is 0. The number of aromatic nitrogens is 2. The SMILES string of the molecule is CCc1cc(N2CCN(C[C@@H]3CC=CCC3)CC2)ncn1. The third-order valence-corrected chi connectivity index (χ3v) is 4.66. The lowest BCUT2D eigenvalue weighted by atomic mass is 9.94. The second-order valence-electron chi connectivity index (χ2n) is 6.16. The van der Waals surface area contributed by atoms with Crippen LogP contribution in [0.3, 0.4) is 0 Å². The Kier molecular flexibility index (Phi) is 4.86. The highest BCUT2D eigenvalue weighted by molar-refractivity contribution is 5.39. The van der Waals surface area contributed by atoms with Gasteiger partial charge >= 0.3 is 0 Å². The van der Waals surface area contributed by atoms with Crippen LogP contribution in [0.15, 0.2) is 24.5 Å². The lowest BCUT2D eigenvalue weighted by Crippen LogP contribution is -2.48. The highest BCUT2D eigenvalue weighted by atomic mass is 15.3. The van der Waals surface area contributed by atoms with Crippen LogP contribution < -0.4 is 4.90 Å². The van der Waals surface area contributed by atoms with Crippen molar-refractivity contribution in [3.8, 4) is 0 Å². The van der Waals surface area contributed by atoms with Crippen LogP contribution in [0.1, 0.15) is 31.9 Å². The molecule has 2 aliphatic rings. The molecule has 0 amide bonds. The zero-order valence-corrected chi connectivity index (χ0v) is 13.0. The zero-order chi connectivity index (χ0) is 14.5. The van der Waals surface area contributed by atoms with Gasteiger partial charge in [0.15, 0.2) is 0 Å². The topological polar surface area (TPSA) is 32.3 Å². The molecule has 1 aromatic rings. The van der Waals surface area contributed by atoms with Gasteiger partial charge in [0.2, 0.25) is 0 Å². The van der Waals surface area contributed by atoms with Crippen LogP contribution in [0.25, 0.3) is 0 Å². The van der Waals surface area contributed by atoms with Crippen LogP contribution in [0.5, 0.6) is 0 Å². The third-order valence-electron chi connectivity index (χ3n) is 4.66. The number of nitrogens with zero attached hydrogens (tertiary/aromatic N) is 4. The fraction of sp³-hybridized carbons (Fsp3) is 0.647. The molecule has 0 radical (unpaired) electrons. The first-order valence-electron chi connectivity index (χ1n) is 8.28. The summed E-state index contributed by atoms with van der Waals surface area (Å²) in [6, 6.07) is 2.14. The summed E-state index contributed by atoms with van der Waals surface area (Å²) >= 11 is 0. The minimum atomic E-state index is 0.868. The Hall–Kier alpha value is -1.42. The molecule has 3 rings (SSSR count). The van der Waals surface area contributed by atoms with Crippen molar-refractivity contribution >= 4 is 5.82 Å². The Bertz CT molecular complexity index is 477. The fourth-order valence-corrected chi connectivity index (χ4v) is 3.30. The van der Waals surface area contributed by atoms with Crippen LogP contribution in [-0.4, -0.2) is 47.6 Å². The van der Waals surface area contributed by atoms with Gasteiger partial charge in [-0.1, -0.05) is 19.1 Å². The first-order chi connectivity index (χ1) is 10.3. The molecular formula is C17H26N4. The van der Waals surface area contributed by atoms with Gasteiger partial charge in [-0.05, 0) is 31.6 Å². The quantitative estimate of drug-likeness (QED) is 0.796. The minimum absolute atomic E-state index is 0.868. The van der Waals surface area contributed by atoms with Crippen molar-refractivity contribution in [1.29, 1.82) is 0 Å². The first kappa shape index (κ1) is 14.5. The average Bonchev–Trinajstić information content (AvgIpc) is 2.56. The molecule has 1 aliphatic heterocycles. The fourth-order valence-electron chi connectivity index (χ4n) is 3.30. The molecule has 1 aromatic heterocycles. The predicted octanol–water partition coefficient (Wildman–Crippen LogP) is 2.52. The van der Waals surface area contributed by atoms with Gasteiger partial charge in [-0.25, -0.2) is 9.97 Å². The van der Waals surface area contributed by atoms with Crippen molar-refractivity contribution in [2.24, 2.45) is 5.92 Å². The van der Waals surface area contributed by atoms with Gasteiger partial charge in [-0.15, -0.1) is 0 Å². The standard InChI is InChI=1S/C17H26N4/c1-2-16-12-17(19-14-18-16)21-10-8-20(9-11-21)13-15-6-4-3-5-7-15/h3-4,12,14-15H,2,5-11,13H2,1H3/t15-/m1/s1. The van der Waals surface area contributed by atoms with Crippen LogP contribution in [-0.2, 0) is 6.42 Å². The van der Waals surface area contributed by atoms with Gasteiger partial charge in [0, 0.05) is 44.5 Å². The van der Waals surface area contributed by atoms with E-state index in [1.54, 1.807) is 6.33 Å². The Morgan fingerprint density at radius 2 is 2.00 bits per heavy atom. The van der Waals surface area contributed by atoms with E-state index in [2.05, 4.69) is 44.9 Å². The lowest BCUT2D eigenvalue weighted by molar-refractivity contribution is 0.211. The number of hydrogen-bond donors (Lipinski definition) is 0. The summed E-state index contributed by atoms with van der Waals surface area (Å²) in [5, 5.41) is 0. The van der Waals surface area contributed by atoms with Crippen LogP contribution in [0.2, 0.25) is 0 Å². The van der Waals surface area contributed by atoms with Crippen molar-refractivity contribution < 1.29 is 0 Å². The number of anilines is 1. The van der Waals surface area contributed by atoms with Gasteiger partial charge in [0.25, 0.3) is 0 Å². The number of piperazine rings is 1. The summed E-state index contributed by atoms with van der Waals surface area (Å²) in [5.41, 5.74) is 1.14. The maximum absolute atomic E-state index is 4.44. The normalized spacial score (nSPS) is 23.5. The molecule has 0 aromatic carbocycles. The molecule has 4 nitrogen and oxygen atoms in total. The summed E-state index contributed by atoms with van der Waals surface area (Å²) in [6.07, 6.45) is 11.3. The van der Waals surface area contributed by atoms with Crippen molar-refractivity contribution in [2.75, 3.05) is 37.6 Å². The van der Waals surface area contributed by atoms with E-state index in [0.717, 1.165) is 50.0 Å². The van der Waals surface area contributed by atoms with Crippen LogP contribution in [0, 0.1) is 5.92 Å². The second-order valence-corrected chi connectivity index (χ2v) is 6.16. The molecule has 0 saturated carbocycles. The van der Waals surface area contributed by atoms with E-state index >= 15 is 0 Å². The summed E-state index contributed by atoms with van der Waals surface area (Å²) in [6.45, 7) is 7.90. The maximum atomic E-state index is 4.44. The number of allylic oxidation sites excluding steroid dienone is 2. The third kappa shape index (κ3) is 3.82. The van der Waals surface area contributed by atoms with E-state index in [1.807, 2.05) is 0 Å². The molecule has 1 aliphatic carbocycles. The van der Waals surface area contributed by atoms with E-state index in [4.69, 9.17) is 0 Å². The van der Waals surface area contributed by atoms with Crippen molar-refractivity contribution in [1.82, 2.24) is 14.9 Å². The van der Waals surface area contributed by atoms with E-state index in [-0.39, 0.29) is 0 Å². The second kappa shape index (κ2) is 7.03. The Labute approximate surface area is 127 Å². The van der Waals surface area contributed by atoms with Gasteiger partial charge < -0.3 is 4.90 Å². The molecule has 0 spiro atoms. The molecule has 2 heterocycles. The largest absolute Gasteiger partial charge is 0.354 e. The molecule has 1 saturated heterocycles. The Morgan fingerprint density at radius 1 is 1.14 bits per heavy atom. The smallest absolute Gasteiger partial charge is 0.132 e. The Morgan fingerprint density at radius 3 is 2.71 bits per heavy atom. The molecule has 1 fully saturated rings. The van der Waals surface area contributed by atoms with E-state index in [1.165, 1.54) is 25.8 Å². The molecule has 0 unspecified atom stereocenters. The van der Waals surface area contributed by atoms with Crippen molar-refractivity contribution in [3.05, 3.63) is 30.2 Å². The molecule has 0 bridgehead atoms. The number of aryl methyl sites for hydroxylation is 1. The lowest BCUT2D eigenvalue weighted by Gasteiger charge is -2.37. The summed E-state index contributed by atoms with van der Waals surface area (Å²) in [5.74, 6) is 1.97.